The first-order chi connectivity index (χ1) is 8.65. The molecule has 2 aliphatic heterocycles. The van der Waals surface area contributed by atoms with Gasteiger partial charge >= 0.3 is 0 Å². The molecule has 18 heavy (non-hydrogen) atoms. The maximum Gasteiger partial charge on any atom is 0.253 e. The van der Waals surface area contributed by atoms with Gasteiger partial charge in [-0.3, -0.25) is 4.79 Å². The molecule has 0 aliphatic carbocycles. The number of likely N-dealkylation sites (tertiary alicyclic amines) is 1. The highest BCUT2D eigenvalue weighted by Gasteiger charge is 2.38. The number of amides is 1. The van der Waals surface area contributed by atoms with Gasteiger partial charge in [0.1, 0.15) is 5.82 Å². The summed E-state index contributed by atoms with van der Waals surface area (Å²) in [7, 11) is 0. The summed E-state index contributed by atoms with van der Waals surface area (Å²) in [6.07, 6.45) is 0. The Hall–Kier alpha value is -1.13. The first-order valence-corrected chi connectivity index (χ1v) is 6.48. The fourth-order valence-corrected chi connectivity index (χ4v) is 2.95. The van der Waals surface area contributed by atoms with E-state index in [2.05, 4.69) is 5.32 Å². The predicted octanol–water partition coefficient (Wildman–Crippen LogP) is 1.77. The molecule has 2 saturated heterocycles. The SMILES string of the molecule is O=C(c1ccc(Cl)c(F)c1)N1CC2CNCC2C1. The molecule has 2 unspecified atom stereocenters. The molecule has 2 atom stereocenters. The number of hydrogen-bond acceptors (Lipinski definition) is 2. The zero-order valence-electron chi connectivity index (χ0n) is 9.83. The molecule has 1 amide bonds. The van der Waals surface area contributed by atoms with Gasteiger partial charge in [-0.1, -0.05) is 11.6 Å². The zero-order chi connectivity index (χ0) is 12.7. The molecule has 2 heterocycles. The zero-order valence-corrected chi connectivity index (χ0v) is 10.6. The Balaban J connectivity index is 1.77. The Bertz CT molecular complexity index is 482. The molecule has 1 N–H and O–H groups in total. The predicted molar refractivity (Wildman–Crippen MR) is 67.2 cm³/mol. The van der Waals surface area contributed by atoms with Gasteiger partial charge in [-0.15, -0.1) is 0 Å². The average Bonchev–Trinajstić information content (AvgIpc) is 2.92. The quantitative estimate of drug-likeness (QED) is 0.842. The molecular formula is C13H14ClFN2O. The largest absolute Gasteiger partial charge is 0.338 e. The number of nitrogens with zero attached hydrogens (tertiary/aromatic N) is 1. The minimum absolute atomic E-state index is 0.0500. The van der Waals surface area contributed by atoms with Crippen LogP contribution < -0.4 is 5.32 Å². The minimum Gasteiger partial charge on any atom is -0.338 e. The van der Waals surface area contributed by atoms with Crippen LogP contribution in [0.25, 0.3) is 0 Å². The fourth-order valence-electron chi connectivity index (χ4n) is 2.83. The standard InChI is InChI=1S/C13H14ClFN2O/c14-11-2-1-8(3-12(11)15)13(18)17-6-9-4-16-5-10(9)7-17/h1-3,9-10,16H,4-7H2. The fraction of sp³-hybridized carbons (Fsp3) is 0.462. The molecule has 2 fully saturated rings. The smallest absolute Gasteiger partial charge is 0.253 e. The van der Waals surface area contributed by atoms with E-state index in [1.165, 1.54) is 12.1 Å². The van der Waals surface area contributed by atoms with Crippen LogP contribution in [0.5, 0.6) is 0 Å². The van der Waals surface area contributed by atoms with E-state index < -0.39 is 5.82 Å². The van der Waals surface area contributed by atoms with E-state index in [1.807, 2.05) is 4.90 Å². The first kappa shape index (κ1) is 11.9. The van der Waals surface area contributed by atoms with Gasteiger partial charge < -0.3 is 10.2 Å². The van der Waals surface area contributed by atoms with Crippen molar-refractivity contribution >= 4 is 17.5 Å². The molecular weight excluding hydrogens is 255 g/mol. The van der Waals surface area contributed by atoms with Crippen molar-refractivity contribution in [3.63, 3.8) is 0 Å². The maximum absolute atomic E-state index is 13.3. The van der Waals surface area contributed by atoms with Crippen molar-refractivity contribution in [3.05, 3.63) is 34.6 Å². The second-order valence-corrected chi connectivity index (χ2v) is 5.42. The van der Waals surface area contributed by atoms with Gasteiger partial charge in [0.15, 0.2) is 0 Å². The lowest BCUT2D eigenvalue weighted by Crippen LogP contribution is -2.31. The number of carbonyl (C=O) groups excluding carboxylic acids is 1. The third-order valence-corrected chi connectivity index (χ3v) is 4.15. The molecule has 2 aliphatic rings. The van der Waals surface area contributed by atoms with Crippen LogP contribution in [-0.4, -0.2) is 37.0 Å². The topological polar surface area (TPSA) is 32.3 Å². The molecule has 5 heteroatoms. The molecule has 1 aromatic carbocycles. The van der Waals surface area contributed by atoms with Crippen molar-refractivity contribution in [2.45, 2.75) is 0 Å². The normalized spacial score (nSPS) is 26.4. The average molecular weight is 269 g/mol. The second-order valence-electron chi connectivity index (χ2n) is 5.02. The van der Waals surface area contributed by atoms with E-state index in [0.717, 1.165) is 26.2 Å². The minimum atomic E-state index is -0.538. The molecule has 96 valence electrons. The van der Waals surface area contributed by atoms with Crippen LogP contribution >= 0.6 is 11.6 Å². The van der Waals surface area contributed by atoms with Crippen molar-refractivity contribution in [1.82, 2.24) is 10.2 Å². The van der Waals surface area contributed by atoms with Crippen LogP contribution in [-0.2, 0) is 0 Å². The highest BCUT2D eigenvalue weighted by Crippen LogP contribution is 2.27. The van der Waals surface area contributed by atoms with Crippen LogP contribution in [0.15, 0.2) is 18.2 Å². The summed E-state index contributed by atoms with van der Waals surface area (Å²) < 4.78 is 13.3. The van der Waals surface area contributed by atoms with Crippen molar-refractivity contribution < 1.29 is 9.18 Å². The second kappa shape index (κ2) is 4.52. The third-order valence-electron chi connectivity index (χ3n) is 3.84. The van der Waals surface area contributed by atoms with E-state index >= 15 is 0 Å². The first-order valence-electron chi connectivity index (χ1n) is 6.10. The van der Waals surface area contributed by atoms with E-state index in [9.17, 15) is 9.18 Å². The van der Waals surface area contributed by atoms with Crippen molar-refractivity contribution in [1.29, 1.82) is 0 Å². The van der Waals surface area contributed by atoms with Gasteiger partial charge in [-0.05, 0) is 30.0 Å². The Morgan fingerprint density at radius 3 is 2.61 bits per heavy atom. The van der Waals surface area contributed by atoms with Crippen LogP contribution in [0.4, 0.5) is 4.39 Å². The van der Waals surface area contributed by atoms with Crippen LogP contribution in [0.2, 0.25) is 5.02 Å². The number of nitrogens with one attached hydrogen (secondary N) is 1. The Morgan fingerprint density at radius 2 is 2.00 bits per heavy atom. The Morgan fingerprint density at radius 1 is 1.33 bits per heavy atom. The van der Waals surface area contributed by atoms with Crippen LogP contribution in [0, 0.1) is 17.7 Å². The summed E-state index contributed by atoms with van der Waals surface area (Å²) in [6, 6.07) is 4.24. The number of rotatable bonds is 1. The lowest BCUT2D eigenvalue weighted by Gasteiger charge is -2.17. The summed E-state index contributed by atoms with van der Waals surface area (Å²) in [5, 5.41) is 3.37. The number of fused-ring (bicyclic) bond motifs is 1. The molecule has 0 bridgehead atoms. The van der Waals surface area contributed by atoms with Gasteiger partial charge in [-0.2, -0.15) is 0 Å². The van der Waals surface area contributed by atoms with Gasteiger partial charge in [-0.25, -0.2) is 4.39 Å². The molecule has 0 saturated carbocycles. The molecule has 3 nitrogen and oxygen atoms in total. The third kappa shape index (κ3) is 1.99. The van der Waals surface area contributed by atoms with E-state index in [-0.39, 0.29) is 10.9 Å². The molecule has 0 spiro atoms. The lowest BCUT2D eigenvalue weighted by molar-refractivity contribution is 0.0781. The Labute approximate surface area is 110 Å². The van der Waals surface area contributed by atoms with Gasteiger partial charge in [0.25, 0.3) is 5.91 Å². The number of carbonyl (C=O) groups is 1. The lowest BCUT2D eigenvalue weighted by atomic mass is 10.0. The Kier molecular flexibility index (Phi) is 2.99. The summed E-state index contributed by atoms with van der Waals surface area (Å²) in [5.74, 6) is 0.459. The van der Waals surface area contributed by atoms with E-state index in [4.69, 9.17) is 11.6 Å². The van der Waals surface area contributed by atoms with Crippen LogP contribution in [0.1, 0.15) is 10.4 Å². The molecule has 0 radical (unpaired) electrons. The van der Waals surface area contributed by atoms with Crippen molar-refractivity contribution in [2.75, 3.05) is 26.2 Å². The van der Waals surface area contributed by atoms with Gasteiger partial charge in [0, 0.05) is 31.7 Å². The highest BCUT2D eigenvalue weighted by molar-refractivity contribution is 6.30. The van der Waals surface area contributed by atoms with Gasteiger partial charge in [0.05, 0.1) is 5.02 Å². The summed E-state index contributed by atoms with van der Waals surface area (Å²) in [6.45, 7) is 3.48. The molecule has 3 rings (SSSR count). The molecule has 1 aromatic rings. The monoisotopic (exact) mass is 268 g/mol. The summed E-state index contributed by atoms with van der Waals surface area (Å²) in [5.41, 5.74) is 0.379. The number of benzene rings is 1. The van der Waals surface area contributed by atoms with Crippen LogP contribution in [0.3, 0.4) is 0 Å². The highest BCUT2D eigenvalue weighted by atomic mass is 35.5. The van der Waals surface area contributed by atoms with E-state index in [1.54, 1.807) is 6.07 Å². The maximum atomic E-state index is 13.3. The summed E-state index contributed by atoms with van der Waals surface area (Å²) in [4.78, 5) is 14.1. The van der Waals surface area contributed by atoms with Crippen molar-refractivity contribution in [3.8, 4) is 0 Å². The summed E-state index contributed by atoms with van der Waals surface area (Å²) >= 11 is 5.61. The van der Waals surface area contributed by atoms with E-state index in [0.29, 0.717) is 17.4 Å². The van der Waals surface area contributed by atoms with Gasteiger partial charge in [0.2, 0.25) is 0 Å². The number of hydrogen-bond donors (Lipinski definition) is 1. The number of halogens is 2. The molecule has 0 aromatic heterocycles. The van der Waals surface area contributed by atoms with Crippen molar-refractivity contribution in [2.24, 2.45) is 11.8 Å².